The molecule has 120 valence electrons. The monoisotopic (exact) mass is 312 g/mol. The van der Waals surface area contributed by atoms with Gasteiger partial charge in [-0.15, -0.1) is 0 Å². The van der Waals surface area contributed by atoms with E-state index in [0.29, 0.717) is 6.54 Å². The molecule has 5 heteroatoms. The Morgan fingerprint density at radius 3 is 2.33 bits per heavy atom. The zero-order valence-electron chi connectivity index (χ0n) is 13.9. The van der Waals surface area contributed by atoms with Crippen LogP contribution in [0.4, 0.5) is 0 Å². The van der Waals surface area contributed by atoms with Gasteiger partial charge in [0, 0.05) is 11.3 Å². The van der Waals surface area contributed by atoms with Gasteiger partial charge in [-0.2, -0.15) is 11.8 Å². The number of hydrogen-bond acceptors (Lipinski definition) is 3. The van der Waals surface area contributed by atoms with Gasteiger partial charge in [0.15, 0.2) is 0 Å². The standard InChI is InChI=1S/C16H28N2O2S/c1-11-13(19)17-12(15(2,3)4)14(20)18(11)10-16(21-5)8-6-7-9-16/h11-12H,6-10H2,1-5H3,(H,17,19). The van der Waals surface area contributed by atoms with Gasteiger partial charge in [-0.05, 0) is 31.4 Å². The van der Waals surface area contributed by atoms with Crippen molar-refractivity contribution in [3.8, 4) is 0 Å². The molecule has 0 aromatic carbocycles. The van der Waals surface area contributed by atoms with Crippen molar-refractivity contribution < 1.29 is 9.59 Å². The van der Waals surface area contributed by atoms with E-state index < -0.39 is 6.04 Å². The van der Waals surface area contributed by atoms with Crippen LogP contribution >= 0.6 is 11.8 Å². The van der Waals surface area contributed by atoms with Crippen LogP contribution in [0.3, 0.4) is 0 Å². The second-order valence-corrected chi connectivity index (χ2v) is 8.82. The summed E-state index contributed by atoms with van der Waals surface area (Å²) in [6.07, 6.45) is 6.88. The first-order valence-corrected chi connectivity index (χ1v) is 9.09. The lowest BCUT2D eigenvalue weighted by Crippen LogP contribution is -2.67. The molecular formula is C16H28N2O2S. The molecule has 1 aliphatic carbocycles. The molecule has 2 unspecified atom stereocenters. The summed E-state index contributed by atoms with van der Waals surface area (Å²) in [6, 6.07) is -0.776. The third-order valence-corrected chi connectivity index (χ3v) is 6.34. The molecule has 2 atom stereocenters. The Morgan fingerprint density at radius 2 is 1.86 bits per heavy atom. The molecule has 0 bridgehead atoms. The molecule has 1 saturated heterocycles. The first kappa shape index (κ1) is 16.7. The summed E-state index contributed by atoms with van der Waals surface area (Å²) < 4.78 is 0.143. The van der Waals surface area contributed by atoms with Crippen LogP contribution in [0.15, 0.2) is 0 Å². The highest BCUT2D eigenvalue weighted by molar-refractivity contribution is 8.00. The quantitative estimate of drug-likeness (QED) is 0.871. The first-order valence-electron chi connectivity index (χ1n) is 7.86. The highest BCUT2D eigenvalue weighted by Gasteiger charge is 2.46. The van der Waals surface area contributed by atoms with Crippen LogP contribution in [0.5, 0.6) is 0 Å². The predicted molar refractivity (Wildman–Crippen MR) is 87.3 cm³/mol. The number of piperazine rings is 1. The number of hydrogen-bond donors (Lipinski definition) is 1. The molecule has 0 radical (unpaired) electrons. The van der Waals surface area contributed by atoms with E-state index in [0.717, 1.165) is 12.8 Å². The second kappa shape index (κ2) is 5.82. The lowest BCUT2D eigenvalue weighted by molar-refractivity contribution is -0.152. The summed E-state index contributed by atoms with van der Waals surface area (Å²) in [4.78, 5) is 27.0. The smallest absolute Gasteiger partial charge is 0.246 e. The fraction of sp³-hybridized carbons (Fsp3) is 0.875. The van der Waals surface area contributed by atoms with E-state index in [1.807, 2.05) is 44.4 Å². The Kier molecular flexibility index (Phi) is 4.62. The van der Waals surface area contributed by atoms with Gasteiger partial charge in [-0.25, -0.2) is 0 Å². The van der Waals surface area contributed by atoms with Crippen molar-refractivity contribution in [3.05, 3.63) is 0 Å². The maximum atomic E-state index is 12.9. The molecule has 1 aliphatic heterocycles. The van der Waals surface area contributed by atoms with E-state index in [2.05, 4.69) is 11.6 Å². The molecule has 2 amide bonds. The van der Waals surface area contributed by atoms with Crippen molar-refractivity contribution >= 4 is 23.6 Å². The van der Waals surface area contributed by atoms with Gasteiger partial charge in [0.05, 0.1) is 0 Å². The number of nitrogens with one attached hydrogen (secondary N) is 1. The van der Waals surface area contributed by atoms with Gasteiger partial charge in [0.2, 0.25) is 11.8 Å². The maximum Gasteiger partial charge on any atom is 0.246 e. The molecule has 1 heterocycles. The SMILES string of the molecule is CSC1(CN2C(=O)C(C(C)(C)C)NC(=O)C2C)CCCC1. The van der Waals surface area contributed by atoms with Crippen molar-refractivity contribution in [2.45, 2.75) is 70.2 Å². The molecule has 1 N–H and O–H groups in total. The molecule has 1 saturated carbocycles. The molecule has 21 heavy (non-hydrogen) atoms. The Balaban J connectivity index is 2.23. The summed E-state index contributed by atoms with van der Waals surface area (Å²) >= 11 is 1.86. The normalized spacial score (nSPS) is 29.7. The van der Waals surface area contributed by atoms with Gasteiger partial charge in [0.1, 0.15) is 12.1 Å². The highest BCUT2D eigenvalue weighted by atomic mass is 32.2. The van der Waals surface area contributed by atoms with Crippen molar-refractivity contribution in [1.29, 1.82) is 0 Å². The van der Waals surface area contributed by atoms with Gasteiger partial charge in [0.25, 0.3) is 0 Å². The first-order chi connectivity index (χ1) is 9.70. The van der Waals surface area contributed by atoms with Crippen LogP contribution < -0.4 is 5.32 Å². The fourth-order valence-electron chi connectivity index (χ4n) is 3.38. The third-order valence-electron chi connectivity index (χ3n) is 4.94. The number of amides is 2. The second-order valence-electron chi connectivity index (χ2n) is 7.54. The molecule has 4 nitrogen and oxygen atoms in total. The average molecular weight is 312 g/mol. The minimum atomic E-state index is -0.415. The van der Waals surface area contributed by atoms with Crippen molar-refractivity contribution in [3.63, 3.8) is 0 Å². The molecule has 2 fully saturated rings. The molecule has 2 rings (SSSR count). The van der Waals surface area contributed by atoms with Crippen LogP contribution in [0, 0.1) is 5.41 Å². The largest absolute Gasteiger partial charge is 0.342 e. The van der Waals surface area contributed by atoms with Crippen LogP contribution in [0.1, 0.15) is 53.4 Å². The Labute approximate surface area is 132 Å². The zero-order chi connectivity index (χ0) is 15.8. The van der Waals surface area contributed by atoms with Gasteiger partial charge >= 0.3 is 0 Å². The summed E-state index contributed by atoms with van der Waals surface area (Å²) in [5.74, 6) is 0.0544. The zero-order valence-corrected chi connectivity index (χ0v) is 14.7. The van der Waals surface area contributed by atoms with E-state index in [1.54, 1.807) is 0 Å². The molecule has 0 aromatic heterocycles. The maximum absolute atomic E-state index is 12.9. The third kappa shape index (κ3) is 3.22. The van der Waals surface area contributed by atoms with Crippen LogP contribution in [-0.2, 0) is 9.59 Å². The fourth-order valence-corrected chi connectivity index (χ4v) is 4.35. The molecule has 2 aliphatic rings. The van der Waals surface area contributed by atoms with Crippen molar-refractivity contribution in [2.24, 2.45) is 5.41 Å². The highest BCUT2D eigenvalue weighted by Crippen LogP contribution is 2.41. The number of nitrogens with zero attached hydrogens (tertiary/aromatic N) is 1. The number of thioether (sulfide) groups is 1. The summed E-state index contributed by atoms with van der Waals surface area (Å²) in [7, 11) is 0. The van der Waals surface area contributed by atoms with Crippen LogP contribution in [-0.4, -0.2) is 46.3 Å². The topological polar surface area (TPSA) is 49.4 Å². The Hall–Kier alpha value is -0.710. The van der Waals surface area contributed by atoms with Gasteiger partial charge in [-0.3, -0.25) is 9.59 Å². The lowest BCUT2D eigenvalue weighted by Gasteiger charge is -2.45. The molecule has 0 spiro atoms. The van der Waals surface area contributed by atoms with E-state index in [1.165, 1.54) is 12.8 Å². The number of rotatable bonds is 3. The van der Waals surface area contributed by atoms with Crippen molar-refractivity contribution in [2.75, 3.05) is 12.8 Å². The average Bonchev–Trinajstić information content (AvgIpc) is 2.87. The van der Waals surface area contributed by atoms with E-state index in [-0.39, 0.29) is 28.0 Å². The summed E-state index contributed by atoms with van der Waals surface area (Å²) in [6.45, 7) is 8.56. The lowest BCUT2D eigenvalue weighted by atomic mass is 9.83. The Morgan fingerprint density at radius 1 is 1.29 bits per heavy atom. The predicted octanol–water partition coefficient (Wildman–Crippen LogP) is 2.42. The number of carbonyl (C=O) groups is 2. The minimum Gasteiger partial charge on any atom is -0.342 e. The summed E-state index contributed by atoms with van der Waals surface area (Å²) in [5.41, 5.74) is -0.257. The number of carbonyl (C=O) groups excluding carboxylic acids is 2. The molecular weight excluding hydrogens is 284 g/mol. The van der Waals surface area contributed by atoms with Gasteiger partial charge in [-0.1, -0.05) is 33.6 Å². The summed E-state index contributed by atoms with van der Waals surface area (Å²) in [5, 5.41) is 2.90. The minimum absolute atomic E-state index is 0.0243. The van der Waals surface area contributed by atoms with Gasteiger partial charge < -0.3 is 10.2 Å². The van der Waals surface area contributed by atoms with Crippen LogP contribution in [0.25, 0.3) is 0 Å². The molecule has 0 aromatic rings. The van der Waals surface area contributed by atoms with E-state index >= 15 is 0 Å². The Bertz CT molecular complexity index is 424. The van der Waals surface area contributed by atoms with E-state index in [4.69, 9.17) is 0 Å². The van der Waals surface area contributed by atoms with Crippen LogP contribution in [0.2, 0.25) is 0 Å². The van der Waals surface area contributed by atoms with Crippen molar-refractivity contribution in [1.82, 2.24) is 10.2 Å². The van der Waals surface area contributed by atoms with E-state index in [9.17, 15) is 9.59 Å².